The molecule has 1 aliphatic heterocycles. The zero-order valence-corrected chi connectivity index (χ0v) is 18.4. The Morgan fingerprint density at radius 2 is 1.78 bits per heavy atom. The van der Waals surface area contributed by atoms with E-state index in [0.717, 1.165) is 31.2 Å². The zero-order chi connectivity index (χ0) is 22.7. The third kappa shape index (κ3) is 5.00. The maximum Gasteiger partial charge on any atom is 0.226 e. The SMILES string of the molecule is Cc1cc([C@@H]2CC[C@H](C(=O)NCc3cccc(F)c3)CN2C(=O)C2CCCC2)ccc1F. The third-order valence-corrected chi connectivity index (χ3v) is 6.86. The van der Waals surface area contributed by atoms with Crippen LogP contribution in [0.15, 0.2) is 42.5 Å². The number of rotatable bonds is 5. The van der Waals surface area contributed by atoms with Gasteiger partial charge in [-0.05, 0) is 67.5 Å². The molecule has 0 bridgehead atoms. The van der Waals surface area contributed by atoms with Crippen molar-refractivity contribution in [3.63, 3.8) is 0 Å². The first-order valence-electron chi connectivity index (χ1n) is 11.5. The van der Waals surface area contributed by atoms with Gasteiger partial charge in [-0.1, -0.05) is 37.1 Å². The molecule has 1 saturated carbocycles. The lowest BCUT2D eigenvalue weighted by Crippen LogP contribution is -2.48. The minimum atomic E-state index is -0.333. The Morgan fingerprint density at radius 1 is 1.00 bits per heavy atom. The number of carbonyl (C=O) groups excluding carboxylic acids is 2. The Kier molecular flexibility index (Phi) is 6.87. The zero-order valence-electron chi connectivity index (χ0n) is 18.4. The van der Waals surface area contributed by atoms with Gasteiger partial charge in [0.15, 0.2) is 0 Å². The summed E-state index contributed by atoms with van der Waals surface area (Å²) in [6.07, 6.45) is 5.19. The van der Waals surface area contributed by atoms with Crippen LogP contribution in [0.2, 0.25) is 0 Å². The maximum atomic E-state index is 13.8. The highest BCUT2D eigenvalue weighted by Crippen LogP contribution is 2.37. The molecule has 1 aliphatic carbocycles. The Morgan fingerprint density at radius 3 is 2.50 bits per heavy atom. The molecule has 1 saturated heterocycles. The van der Waals surface area contributed by atoms with Crippen LogP contribution in [-0.2, 0) is 16.1 Å². The van der Waals surface area contributed by atoms with Gasteiger partial charge in [-0.25, -0.2) is 8.78 Å². The van der Waals surface area contributed by atoms with E-state index in [9.17, 15) is 18.4 Å². The first-order chi connectivity index (χ1) is 15.4. The van der Waals surface area contributed by atoms with Crippen LogP contribution in [0.25, 0.3) is 0 Å². The maximum absolute atomic E-state index is 13.8. The molecular formula is C26H30F2N2O2. The molecule has 0 radical (unpaired) electrons. The van der Waals surface area contributed by atoms with Gasteiger partial charge in [0.25, 0.3) is 0 Å². The highest BCUT2D eigenvalue weighted by Gasteiger charge is 2.38. The Hall–Kier alpha value is -2.76. The fourth-order valence-corrected chi connectivity index (χ4v) is 5.04. The summed E-state index contributed by atoms with van der Waals surface area (Å²) in [7, 11) is 0. The highest BCUT2D eigenvalue weighted by molar-refractivity contribution is 5.83. The van der Waals surface area contributed by atoms with E-state index in [0.29, 0.717) is 30.5 Å². The Labute approximate surface area is 188 Å². The molecule has 2 aromatic carbocycles. The summed E-state index contributed by atoms with van der Waals surface area (Å²) < 4.78 is 27.2. The lowest BCUT2D eigenvalue weighted by molar-refractivity contribution is -0.142. The molecule has 2 amide bonds. The Balaban J connectivity index is 1.49. The number of likely N-dealkylation sites (tertiary alicyclic amines) is 1. The van der Waals surface area contributed by atoms with Crippen LogP contribution in [0.3, 0.4) is 0 Å². The van der Waals surface area contributed by atoms with Crippen LogP contribution in [0.5, 0.6) is 0 Å². The monoisotopic (exact) mass is 440 g/mol. The average molecular weight is 441 g/mol. The van der Waals surface area contributed by atoms with Crippen molar-refractivity contribution < 1.29 is 18.4 Å². The van der Waals surface area contributed by atoms with Crippen LogP contribution < -0.4 is 5.32 Å². The summed E-state index contributed by atoms with van der Waals surface area (Å²) in [5.41, 5.74) is 2.19. The van der Waals surface area contributed by atoms with E-state index in [1.807, 2.05) is 11.0 Å². The van der Waals surface area contributed by atoms with Crippen molar-refractivity contribution in [2.24, 2.45) is 11.8 Å². The topological polar surface area (TPSA) is 49.4 Å². The van der Waals surface area contributed by atoms with Crippen molar-refractivity contribution >= 4 is 11.8 Å². The van der Waals surface area contributed by atoms with Crippen LogP contribution in [-0.4, -0.2) is 23.3 Å². The number of benzene rings is 2. The van der Waals surface area contributed by atoms with Crippen molar-refractivity contribution in [3.8, 4) is 0 Å². The van der Waals surface area contributed by atoms with Gasteiger partial charge in [0, 0.05) is 19.0 Å². The van der Waals surface area contributed by atoms with Crippen molar-refractivity contribution in [1.29, 1.82) is 0 Å². The number of carbonyl (C=O) groups is 2. The molecule has 0 unspecified atom stereocenters. The van der Waals surface area contributed by atoms with Crippen LogP contribution in [0, 0.1) is 30.4 Å². The van der Waals surface area contributed by atoms with Crippen molar-refractivity contribution in [2.45, 2.75) is 58.0 Å². The predicted octanol–water partition coefficient (Wildman–Crippen LogP) is 5.06. The van der Waals surface area contributed by atoms with Gasteiger partial charge >= 0.3 is 0 Å². The van der Waals surface area contributed by atoms with E-state index >= 15 is 0 Å². The number of hydrogen-bond acceptors (Lipinski definition) is 2. The number of nitrogens with zero attached hydrogens (tertiary/aromatic N) is 1. The second kappa shape index (κ2) is 9.80. The predicted molar refractivity (Wildman–Crippen MR) is 119 cm³/mol. The van der Waals surface area contributed by atoms with E-state index in [-0.39, 0.29) is 47.9 Å². The first kappa shape index (κ1) is 22.4. The molecule has 0 aromatic heterocycles. The molecular weight excluding hydrogens is 410 g/mol. The summed E-state index contributed by atoms with van der Waals surface area (Å²) in [4.78, 5) is 28.2. The van der Waals surface area contributed by atoms with Crippen LogP contribution in [0.1, 0.15) is 61.3 Å². The van der Waals surface area contributed by atoms with Gasteiger partial charge in [0.1, 0.15) is 11.6 Å². The van der Waals surface area contributed by atoms with Gasteiger partial charge in [-0.15, -0.1) is 0 Å². The molecule has 6 heteroatoms. The van der Waals surface area contributed by atoms with Gasteiger partial charge < -0.3 is 10.2 Å². The van der Waals surface area contributed by atoms with E-state index in [2.05, 4.69) is 5.32 Å². The first-order valence-corrected chi connectivity index (χ1v) is 11.5. The van der Waals surface area contributed by atoms with E-state index in [1.165, 1.54) is 18.2 Å². The van der Waals surface area contributed by atoms with E-state index < -0.39 is 0 Å². The van der Waals surface area contributed by atoms with Gasteiger partial charge in [-0.3, -0.25) is 9.59 Å². The molecule has 2 aromatic rings. The van der Waals surface area contributed by atoms with Crippen LogP contribution in [0.4, 0.5) is 8.78 Å². The van der Waals surface area contributed by atoms with Crippen LogP contribution >= 0.6 is 0 Å². The third-order valence-electron chi connectivity index (χ3n) is 6.86. The molecule has 4 nitrogen and oxygen atoms in total. The van der Waals surface area contributed by atoms with Crippen molar-refractivity contribution in [3.05, 3.63) is 70.8 Å². The molecule has 170 valence electrons. The number of piperidine rings is 1. The molecule has 2 aliphatic rings. The minimum absolute atomic E-state index is 0.00755. The van der Waals surface area contributed by atoms with Crippen molar-refractivity contribution in [1.82, 2.24) is 10.2 Å². The average Bonchev–Trinajstić information content (AvgIpc) is 3.33. The molecule has 1 heterocycles. The summed E-state index contributed by atoms with van der Waals surface area (Å²) in [5, 5.41) is 2.90. The molecule has 4 rings (SSSR count). The molecule has 2 atom stereocenters. The number of aryl methyl sites for hydroxylation is 1. The standard InChI is InChI=1S/C26H30F2N2O2/c1-17-13-20(9-11-23(17)28)24-12-10-21(16-30(24)26(32)19-6-2-3-7-19)25(31)29-15-18-5-4-8-22(27)14-18/h4-5,8-9,11,13-14,19,21,24H,2-3,6-7,10,12,15-16H2,1H3,(H,29,31)/t21-,24-/m0/s1. The Bertz CT molecular complexity index is 988. The summed E-state index contributed by atoms with van der Waals surface area (Å²) in [6.45, 7) is 2.34. The minimum Gasteiger partial charge on any atom is -0.352 e. The molecule has 1 N–H and O–H groups in total. The number of nitrogens with one attached hydrogen (secondary N) is 1. The number of hydrogen-bond donors (Lipinski definition) is 1. The second-order valence-corrected chi connectivity index (χ2v) is 9.12. The summed E-state index contributed by atoms with van der Waals surface area (Å²) >= 11 is 0. The number of amides is 2. The van der Waals surface area contributed by atoms with E-state index in [1.54, 1.807) is 25.1 Å². The smallest absolute Gasteiger partial charge is 0.226 e. The molecule has 2 fully saturated rings. The normalized spacial score (nSPS) is 21.5. The highest BCUT2D eigenvalue weighted by atomic mass is 19.1. The summed E-state index contributed by atoms with van der Waals surface area (Å²) in [5.74, 6) is -0.905. The largest absolute Gasteiger partial charge is 0.352 e. The van der Waals surface area contributed by atoms with Crippen molar-refractivity contribution in [2.75, 3.05) is 6.54 Å². The second-order valence-electron chi connectivity index (χ2n) is 9.12. The van der Waals surface area contributed by atoms with Gasteiger partial charge in [-0.2, -0.15) is 0 Å². The lowest BCUT2D eigenvalue weighted by atomic mass is 9.86. The van der Waals surface area contributed by atoms with Gasteiger partial charge in [0.2, 0.25) is 11.8 Å². The van der Waals surface area contributed by atoms with Gasteiger partial charge in [0.05, 0.1) is 12.0 Å². The van der Waals surface area contributed by atoms with E-state index in [4.69, 9.17) is 0 Å². The summed E-state index contributed by atoms with van der Waals surface area (Å²) in [6, 6.07) is 11.1. The molecule has 32 heavy (non-hydrogen) atoms. The fourth-order valence-electron chi connectivity index (χ4n) is 5.04. The quantitative estimate of drug-likeness (QED) is 0.707. The molecule has 0 spiro atoms. The lowest BCUT2D eigenvalue weighted by Gasteiger charge is -2.41. The number of halogens is 2. The fraction of sp³-hybridized carbons (Fsp3) is 0.462.